The molecule has 9 nitrogen and oxygen atoms in total. The lowest BCUT2D eigenvalue weighted by Gasteiger charge is -2.40. The summed E-state index contributed by atoms with van der Waals surface area (Å²) in [6.07, 6.45) is 73.5. The maximum atomic E-state index is 13.1. The molecule has 79 heavy (non-hydrogen) atoms. The molecule has 0 aliphatic carbocycles. The van der Waals surface area contributed by atoms with E-state index in [1.807, 2.05) is 6.08 Å². The van der Waals surface area contributed by atoms with E-state index in [1.54, 1.807) is 6.08 Å². The predicted octanol–water partition coefficient (Wildman–Crippen LogP) is 18.4. The van der Waals surface area contributed by atoms with Gasteiger partial charge in [-0.2, -0.15) is 0 Å². The van der Waals surface area contributed by atoms with Crippen LogP contribution >= 0.6 is 0 Å². The molecule has 1 heterocycles. The molecule has 1 amide bonds. The number of amides is 1. The zero-order valence-corrected chi connectivity index (χ0v) is 51.9. The number of carbonyl (C=O) groups excluding carboxylic acids is 1. The average Bonchev–Trinajstić information content (AvgIpc) is 3.47. The highest BCUT2D eigenvalue weighted by Gasteiger charge is 2.44. The molecule has 1 aliphatic heterocycles. The Kier molecular flexibility index (Phi) is 56.4. The van der Waals surface area contributed by atoms with Crippen molar-refractivity contribution < 1.29 is 39.8 Å². The van der Waals surface area contributed by atoms with E-state index < -0.39 is 49.5 Å². The second-order valence-corrected chi connectivity index (χ2v) is 24.0. The second-order valence-electron chi connectivity index (χ2n) is 24.0. The number of nitrogens with one attached hydrogen (secondary N) is 1. The summed E-state index contributed by atoms with van der Waals surface area (Å²) in [6, 6.07) is -0.809. The van der Waals surface area contributed by atoms with Gasteiger partial charge in [0.15, 0.2) is 6.29 Å². The quantitative estimate of drug-likeness (QED) is 0.0261. The average molecular weight is 1110 g/mol. The Balaban J connectivity index is 2.15. The van der Waals surface area contributed by atoms with Gasteiger partial charge in [-0.3, -0.25) is 4.79 Å². The zero-order chi connectivity index (χ0) is 57.2. The summed E-state index contributed by atoms with van der Waals surface area (Å²) < 4.78 is 11.3. The lowest BCUT2D eigenvalue weighted by molar-refractivity contribution is -0.302. The molecular weight excluding hydrogens is 983 g/mol. The van der Waals surface area contributed by atoms with Gasteiger partial charge in [0.05, 0.1) is 25.4 Å². The van der Waals surface area contributed by atoms with Gasteiger partial charge >= 0.3 is 0 Å². The Labute approximate surface area is 488 Å². The maximum Gasteiger partial charge on any atom is 0.220 e. The molecule has 0 radical (unpaired) electrons. The molecule has 6 N–H and O–H groups in total. The van der Waals surface area contributed by atoms with Gasteiger partial charge in [0.2, 0.25) is 5.91 Å². The fourth-order valence-electron chi connectivity index (χ4n) is 11.0. The van der Waals surface area contributed by atoms with Crippen LogP contribution in [0.25, 0.3) is 0 Å². The molecule has 0 saturated carbocycles. The van der Waals surface area contributed by atoms with Crippen LogP contribution in [-0.4, -0.2) is 87.5 Å². The summed E-state index contributed by atoms with van der Waals surface area (Å²) in [7, 11) is 0. The monoisotopic (exact) mass is 1110 g/mol. The molecule has 0 bridgehead atoms. The van der Waals surface area contributed by atoms with E-state index in [1.165, 1.54) is 263 Å². The van der Waals surface area contributed by atoms with Gasteiger partial charge in [-0.25, -0.2) is 0 Å². The molecular formula is C70H131NO8. The number of aliphatic hydroxyl groups is 5. The highest BCUT2D eigenvalue weighted by atomic mass is 16.7. The van der Waals surface area contributed by atoms with E-state index in [0.29, 0.717) is 6.42 Å². The van der Waals surface area contributed by atoms with Crippen molar-refractivity contribution in [1.82, 2.24) is 5.32 Å². The molecule has 0 aromatic rings. The SMILES string of the molecule is CCCCCCC/C=C\C/C=C\C/C=C\CCCCCCCCCCCCCCC(=O)NC(COC1OC(CO)C(O)C(O)C1O)C(O)/C=C/CCCCCCCCCCCCCCCCCCCCCCCCCCCCC. The Morgan fingerprint density at radius 2 is 0.747 bits per heavy atom. The summed E-state index contributed by atoms with van der Waals surface area (Å²) in [5, 5.41) is 54.8. The molecule has 1 rings (SSSR count). The van der Waals surface area contributed by atoms with Gasteiger partial charge in [-0.05, 0) is 57.8 Å². The van der Waals surface area contributed by atoms with Gasteiger partial charge in [-0.1, -0.05) is 319 Å². The van der Waals surface area contributed by atoms with E-state index in [9.17, 15) is 30.3 Å². The molecule has 0 aromatic heterocycles. The van der Waals surface area contributed by atoms with E-state index >= 15 is 0 Å². The summed E-state index contributed by atoms with van der Waals surface area (Å²) >= 11 is 0. The van der Waals surface area contributed by atoms with Crippen molar-refractivity contribution in [3.8, 4) is 0 Å². The van der Waals surface area contributed by atoms with Crippen molar-refractivity contribution >= 4 is 5.91 Å². The van der Waals surface area contributed by atoms with Crippen LogP contribution in [0.2, 0.25) is 0 Å². The Morgan fingerprint density at radius 1 is 0.430 bits per heavy atom. The van der Waals surface area contributed by atoms with Crippen molar-refractivity contribution in [3.63, 3.8) is 0 Å². The number of rotatable bonds is 60. The predicted molar refractivity (Wildman–Crippen MR) is 336 cm³/mol. The van der Waals surface area contributed by atoms with Gasteiger partial charge < -0.3 is 40.3 Å². The minimum atomic E-state index is -1.57. The Morgan fingerprint density at radius 3 is 1.10 bits per heavy atom. The van der Waals surface area contributed by atoms with Crippen LogP contribution < -0.4 is 5.32 Å². The van der Waals surface area contributed by atoms with Crippen LogP contribution in [0.3, 0.4) is 0 Å². The molecule has 7 atom stereocenters. The normalized spacial score (nSPS) is 18.8. The van der Waals surface area contributed by atoms with Crippen LogP contribution in [0.5, 0.6) is 0 Å². The number of ether oxygens (including phenoxy) is 2. The van der Waals surface area contributed by atoms with E-state index in [0.717, 1.165) is 51.4 Å². The van der Waals surface area contributed by atoms with Gasteiger partial charge in [0.25, 0.3) is 0 Å². The third-order valence-electron chi connectivity index (χ3n) is 16.4. The van der Waals surface area contributed by atoms with Crippen LogP contribution in [0, 0.1) is 0 Å². The first-order valence-electron chi connectivity index (χ1n) is 34.4. The van der Waals surface area contributed by atoms with E-state index in [-0.39, 0.29) is 12.5 Å². The number of carbonyl (C=O) groups is 1. The lowest BCUT2D eigenvalue weighted by atomic mass is 9.99. The van der Waals surface area contributed by atoms with Gasteiger partial charge in [0, 0.05) is 6.42 Å². The van der Waals surface area contributed by atoms with E-state index in [2.05, 4.69) is 55.6 Å². The van der Waals surface area contributed by atoms with Gasteiger partial charge in [0.1, 0.15) is 24.4 Å². The number of hydrogen-bond acceptors (Lipinski definition) is 8. The van der Waals surface area contributed by atoms with Crippen LogP contribution in [0.1, 0.15) is 335 Å². The smallest absolute Gasteiger partial charge is 0.220 e. The number of allylic oxidation sites excluding steroid dienone is 7. The molecule has 1 fully saturated rings. The summed E-state index contributed by atoms with van der Waals surface area (Å²) in [5.41, 5.74) is 0. The number of aliphatic hydroxyl groups excluding tert-OH is 5. The minimum absolute atomic E-state index is 0.175. The number of hydrogen-bond donors (Lipinski definition) is 6. The van der Waals surface area contributed by atoms with Gasteiger partial charge in [-0.15, -0.1) is 0 Å². The zero-order valence-electron chi connectivity index (χ0n) is 51.9. The molecule has 9 heteroatoms. The van der Waals surface area contributed by atoms with Crippen molar-refractivity contribution in [2.45, 2.75) is 378 Å². The van der Waals surface area contributed by atoms with E-state index in [4.69, 9.17) is 9.47 Å². The molecule has 1 aliphatic rings. The van der Waals surface area contributed by atoms with Crippen LogP contribution in [0.15, 0.2) is 48.6 Å². The van der Waals surface area contributed by atoms with Crippen LogP contribution in [-0.2, 0) is 14.3 Å². The lowest BCUT2D eigenvalue weighted by Crippen LogP contribution is -2.60. The Bertz CT molecular complexity index is 1380. The summed E-state index contributed by atoms with van der Waals surface area (Å²) in [5.74, 6) is -0.175. The standard InChI is InChI=1S/C70H131NO8/c1-3-5-7-9-11-13-15-17-19-21-23-25-27-29-31-32-34-35-37-39-41-43-45-47-49-51-53-55-57-59-64(73)63(62-78-70-69(77)68(76)67(75)65(61-72)79-70)71-66(74)60-58-56-54-52-50-48-46-44-42-40-38-36-33-30-28-26-24-22-20-18-16-14-12-10-8-6-4-2/h16,18,22,24,28,30,57,59,63-65,67-70,72-73,75-77H,3-15,17,19-21,23,25-27,29,31-56,58,60-62H2,1-2H3,(H,71,74)/b18-16-,24-22-,30-28-,59-57+. The van der Waals surface area contributed by atoms with Crippen molar-refractivity contribution in [2.24, 2.45) is 0 Å². The summed E-state index contributed by atoms with van der Waals surface area (Å²) in [6.45, 7) is 3.81. The highest BCUT2D eigenvalue weighted by Crippen LogP contribution is 2.23. The van der Waals surface area contributed by atoms with Crippen molar-refractivity contribution in [3.05, 3.63) is 48.6 Å². The fraction of sp³-hybridized carbons (Fsp3) is 0.871. The minimum Gasteiger partial charge on any atom is -0.394 e. The molecule has 0 spiro atoms. The van der Waals surface area contributed by atoms with Crippen molar-refractivity contribution in [2.75, 3.05) is 13.2 Å². The molecule has 1 saturated heterocycles. The number of unbranched alkanes of at least 4 members (excludes halogenated alkanes) is 44. The Hall–Kier alpha value is -1.85. The summed E-state index contributed by atoms with van der Waals surface area (Å²) in [4.78, 5) is 13.1. The first-order chi connectivity index (χ1) is 38.8. The third kappa shape index (κ3) is 48.3. The topological polar surface area (TPSA) is 149 Å². The first-order valence-corrected chi connectivity index (χ1v) is 34.4. The first kappa shape index (κ1) is 75.2. The third-order valence-corrected chi connectivity index (χ3v) is 16.4. The molecule has 0 aromatic carbocycles. The largest absolute Gasteiger partial charge is 0.394 e. The fourth-order valence-corrected chi connectivity index (χ4v) is 11.0. The molecule has 7 unspecified atom stereocenters. The van der Waals surface area contributed by atoms with Crippen molar-refractivity contribution in [1.29, 1.82) is 0 Å². The molecule has 464 valence electrons. The second kappa shape index (κ2) is 59.3. The maximum absolute atomic E-state index is 13.1. The highest BCUT2D eigenvalue weighted by molar-refractivity contribution is 5.76. The van der Waals surface area contributed by atoms with Crippen LogP contribution in [0.4, 0.5) is 0 Å².